The fourth-order valence-corrected chi connectivity index (χ4v) is 3.87. The van der Waals surface area contributed by atoms with Gasteiger partial charge in [-0.2, -0.15) is 4.99 Å². The maximum absolute atomic E-state index is 11.7. The Hall–Kier alpha value is -1.37. The van der Waals surface area contributed by atoms with Crippen LogP contribution in [0, 0.1) is 0 Å². The van der Waals surface area contributed by atoms with E-state index in [4.69, 9.17) is 5.73 Å². The molecule has 1 spiro atoms. The number of urea groups is 1. The van der Waals surface area contributed by atoms with Gasteiger partial charge in [0.1, 0.15) is 11.4 Å². The minimum absolute atomic E-state index is 0.0458. The zero-order valence-electron chi connectivity index (χ0n) is 9.42. The molecule has 1 fully saturated rings. The molecule has 0 unspecified atom stereocenters. The second kappa shape index (κ2) is 3.83. The molecular weight excluding hydrogens is 242 g/mol. The van der Waals surface area contributed by atoms with Crippen molar-refractivity contribution < 1.29 is 13.2 Å². The average Bonchev–Trinajstić information content (AvgIpc) is 2.47. The van der Waals surface area contributed by atoms with Gasteiger partial charge in [0.2, 0.25) is 0 Å². The lowest BCUT2D eigenvalue weighted by Crippen LogP contribution is -2.58. The summed E-state index contributed by atoms with van der Waals surface area (Å²) in [6, 6.07) is -0.401. The monoisotopic (exact) mass is 257 g/mol. The molecule has 7 heteroatoms. The van der Waals surface area contributed by atoms with Gasteiger partial charge in [0.05, 0.1) is 11.5 Å². The van der Waals surface area contributed by atoms with Crippen LogP contribution in [0.25, 0.3) is 0 Å². The number of carbonyl (C=O) groups is 1. The molecule has 1 saturated heterocycles. The average molecular weight is 257 g/mol. The first-order valence-electron chi connectivity index (χ1n) is 5.39. The minimum Gasteiger partial charge on any atom is -0.385 e. The van der Waals surface area contributed by atoms with Crippen LogP contribution in [0.4, 0.5) is 4.79 Å². The highest BCUT2D eigenvalue weighted by atomic mass is 32.2. The molecule has 2 heterocycles. The molecular formula is C10H15N3O3S. The van der Waals surface area contributed by atoms with Crippen molar-refractivity contribution in [2.24, 2.45) is 10.7 Å². The van der Waals surface area contributed by atoms with Crippen molar-refractivity contribution in [3.05, 3.63) is 12.7 Å². The van der Waals surface area contributed by atoms with E-state index in [2.05, 4.69) is 11.6 Å². The highest BCUT2D eigenvalue weighted by Crippen LogP contribution is 2.34. The number of nitrogens with two attached hydrogens (primary N) is 1. The van der Waals surface area contributed by atoms with E-state index >= 15 is 0 Å². The van der Waals surface area contributed by atoms with E-state index in [1.54, 1.807) is 6.08 Å². The molecule has 2 amide bonds. The normalized spacial score (nSPS) is 26.0. The zero-order chi connectivity index (χ0) is 12.7. The Labute approximate surface area is 100 Å². The quantitative estimate of drug-likeness (QED) is 0.700. The molecule has 0 aromatic rings. The Morgan fingerprint density at radius 3 is 2.59 bits per heavy atom. The van der Waals surface area contributed by atoms with Crippen LogP contribution >= 0.6 is 0 Å². The summed E-state index contributed by atoms with van der Waals surface area (Å²) in [5, 5.41) is 0. The third-order valence-electron chi connectivity index (χ3n) is 3.41. The van der Waals surface area contributed by atoms with Crippen LogP contribution in [0.15, 0.2) is 17.6 Å². The van der Waals surface area contributed by atoms with Gasteiger partial charge in [-0.1, -0.05) is 6.08 Å². The SMILES string of the molecule is C=CCN1C(=O)N=C(N)C12CCS(=O)(=O)CC2. The number of aliphatic imine (C=N–C) groups is 1. The maximum Gasteiger partial charge on any atom is 0.346 e. The Bertz CT molecular complexity index is 481. The molecule has 94 valence electrons. The largest absolute Gasteiger partial charge is 0.385 e. The molecule has 0 saturated carbocycles. The molecule has 2 aliphatic heterocycles. The molecule has 0 aromatic carbocycles. The minimum atomic E-state index is -3.00. The molecule has 0 atom stereocenters. The summed E-state index contributed by atoms with van der Waals surface area (Å²) in [5.41, 5.74) is 5.09. The van der Waals surface area contributed by atoms with E-state index in [-0.39, 0.29) is 17.3 Å². The van der Waals surface area contributed by atoms with Crippen LogP contribution in [0.5, 0.6) is 0 Å². The molecule has 2 aliphatic rings. The van der Waals surface area contributed by atoms with Crippen molar-refractivity contribution in [1.82, 2.24) is 4.90 Å². The van der Waals surface area contributed by atoms with Gasteiger partial charge in [-0.05, 0) is 12.8 Å². The van der Waals surface area contributed by atoms with Crippen LogP contribution < -0.4 is 5.73 Å². The van der Waals surface area contributed by atoms with Gasteiger partial charge in [-0.25, -0.2) is 13.2 Å². The Kier molecular flexibility index (Phi) is 2.73. The van der Waals surface area contributed by atoms with Crippen LogP contribution in [0.1, 0.15) is 12.8 Å². The first-order valence-corrected chi connectivity index (χ1v) is 7.21. The predicted molar refractivity (Wildman–Crippen MR) is 64.5 cm³/mol. The van der Waals surface area contributed by atoms with E-state index in [1.165, 1.54) is 4.90 Å². The molecule has 0 bridgehead atoms. The highest BCUT2D eigenvalue weighted by molar-refractivity contribution is 7.91. The van der Waals surface area contributed by atoms with Gasteiger partial charge < -0.3 is 10.6 Å². The second-order valence-corrected chi connectivity index (χ2v) is 6.67. The third kappa shape index (κ3) is 1.84. The van der Waals surface area contributed by atoms with Crippen LogP contribution in [0.3, 0.4) is 0 Å². The summed E-state index contributed by atoms with van der Waals surface area (Å²) in [4.78, 5) is 16.9. The van der Waals surface area contributed by atoms with Crippen molar-refractivity contribution in [2.75, 3.05) is 18.1 Å². The van der Waals surface area contributed by atoms with Crippen molar-refractivity contribution in [2.45, 2.75) is 18.4 Å². The number of hydrogen-bond acceptors (Lipinski definition) is 4. The molecule has 0 radical (unpaired) electrons. The summed E-state index contributed by atoms with van der Waals surface area (Å²) >= 11 is 0. The topological polar surface area (TPSA) is 92.8 Å². The van der Waals surface area contributed by atoms with Crippen LogP contribution in [0.2, 0.25) is 0 Å². The van der Waals surface area contributed by atoms with Gasteiger partial charge in [0.15, 0.2) is 9.84 Å². The molecule has 0 aromatic heterocycles. The highest BCUT2D eigenvalue weighted by Gasteiger charge is 2.50. The molecule has 2 N–H and O–H groups in total. The fourth-order valence-electron chi connectivity index (χ4n) is 2.37. The summed E-state index contributed by atoms with van der Waals surface area (Å²) in [5.74, 6) is 0.327. The van der Waals surface area contributed by atoms with Gasteiger partial charge in [-0.3, -0.25) is 0 Å². The Morgan fingerprint density at radius 1 is 1.47 bits per heavy atom. The molecule has 2 rings (SSSR count). The molecule has 17 heavy (non-hydrogen) atoms. The van der Waals surface area contributed by atoms with Crippen molar-refractivity contribution in [1.29, 1.82) is 0 Å². The van der Waals surface area contributed by atoms with Crippen molar-refractivity contribution in [3.8, 4) is 0 Å². The molecule has 0 aliphatic carbocycles. The third-order valence-corrected chi connectivity index (χ3v) is 5.06. The Morgan fingerprint density at radius 2 is 2.06 bits per heavy atom. The summed E-state index contributed by atoms with van der Waals surface area (Å²) < 4.78 is 22.9. The van der Waals surface area contributed by atoms with Gasteiger partial charge in [0.25, 0.3) is 0 Å². The smallest absolute Gasteiger partial charge is 0.346 e. The first kappa shape index (κ1) is 12.1. The molecule has 6 nitrogen and oxygen atoms in total. The van der Waals surface area contributed by atoms with E-state index < -0.39 is 21.4 Å². The van der Waals surface area contributed by atoms with Crippen LogP contribution in [-0.4, -0.2) is 48.8 Å². The van der Waals surface area contributed by atoms with Crippen molar-refractivity contribution in [3.63, 3.8) is 0 Å². The summed E-state index contributed by atoms with van der Waals surface area (Å²) in [6.45, 7) is 3.92. The van der Waals surface area contributed by atoms with Crippen LogP contribution in [-0.2, 0) is 9.84 Å². The lowest BCUT2D eigenvalue weighted by molar-refractivity contribution is 0.173. The number of carbonyl (C=O) groups excluding carboxylic acids is 1. The number of amides is 2. The Balaban J connectivity index is 2.32. The number of nitrogens with zero attached hydrogens (tertiary/aromatic N) is 2. The van der Waals surface area contributed by atoms with Gasteiger partial charge in [0, 0.05) is 6.54 Å². The van der Waals surface area contributed by atoms with E-state index in [1.807, 2.05) is 0 Å². The first-order chi connectivity index (χ1) is 7.91. The van der Waals surface area contributed by atoms with Gasteiger partial charge >= 0.3 is 6.03 Å². The fraction of sp³-hybridized carbons (Fsp3) is 0.600. The van der Waals surface area contributed by atoms with E-state index in [9.17, 15) is 13.2 Å². The lowest BCUT2D eigenvalue weighted by atomic mass is 9.90. The van der Waals surface area contributed by atoms with Crippen molar-refractivity contribution >= 4 is 21.7 Å². The maximum atomic E-state index is 11.7. The number of rotatable bonds is 2. The zero-order valence-corrected chi connectivity index (χ0v) is 10.2. The number of hydrogen-bond donors (Lipinski definition) is 1. The summed E-state index contributed by atoms with van der Waals surface area (Å²) in [7, 11) is -3.00. The summed E-state index contributed by atoms with van der Waals surface area (Å²) in [6.07, 6.45) is 2.24. The van der Waals surface area contributed by atoms with Gasteiger partial charge in [-0.15, -0.1) is 6.58 Å². The van der Waals surface area contributed by atoms with E-state index in [0.29, 0.717) is 19.4 Å². The number of sulfone groups is 1. The second-order valence-electron chi connectivity index (χ2n) is 4.36. The standard InChI is InChI=1S/C10H15N3O3S/c1-2-5-13-9(14)12-8(11)10(13)3-6-17(15,16)7-4-10/h2H,1,3-7H2,(H2,11,12,14). The number of amidine groups is 1. The predicted octanol–water partition coefficient (Wildman–Crippen LogP) is -0.0874. The van der Waals surface area contributed by atoms with E-state index in [0.717, 1.165) is 0 Å². The lowest BCUT2D eigenvalue weighted by Gasteiger charge is -2.40.